The van der Waals surface area contributed by atoms with Gasteiger partial charge in [0.2, 0.25) is 0 Å². The van der Waals surface area contributed by atoms with E-state index in [1.165, 1.54) is 24.0 Å². The average Bonchev–Trinajstić information content (AvgIpc) is 2.41. The van der Waals surface area contributed by atoms with Gasteiger partial charge in [0.1, 0.15) is 0 Å². The van der Waals surface area contributed by atoms with Crippen LogP contribution in [0.25, 0.3) is 5.57 Å². The molecule has 2 nitrogen and oxygen atoms in total. The van der Waals surface area contributed by atoms with Gasteiger partial charge in [0, 0.05) is 6.61 Å². The number of hydrogen-bond donors (Lipinski definition) is 0. The fourth-order valence-corrected chi connectivity index (χ4v) is 1.94. The van der Waals surface area contributed by atoms with E-state index < -0.39 is 0 Å². The molecular weight excluding hydrogens is 212 g/mol. The topological polar surface area (TPSA) is 18.5 Å². The van der Waals surface area contributed by atoms with Crippen LogP contribution < -0.4 is 0 Å². The lowest BCUT2D eigenvalue weighted by molar-refractivity contribution is -0.155. The molecule has 0 bridgehead atoms. The Hall–Kier alpha value is -1.12. The lowest BCUT2D eigenvalue weighted by atomic mass is 10.1. The molecule has 0 amide bonds. The third-order valence-corrected chi connectivity index (χ3v) is 3.04. The zero-order valence-corrected chi connectivity index (χ0v) is 10.4. The summed E-state index contributed by atoms with van der Waals surface area (Å²) < 4.78 is 11.2. The lowest BCUT2D eigenvalue weighted by Crippen LogP contribution is -2.22. The molecule has 0 radical (unpaired) electrons. The minimum absolute atomic E-state index is 0.00331. The van der Waals surface area contributed by atoms with Gasteiger partial charge >= 0.3 is 0 Å². The molecule has 1 heterocycles. The Balaban J connectivity index is 1.80. The second kappa shape index (κ2) is 6.58. The Kier molecular flexibility index (Phi) is 4.77. The van der Waals surface area contributed by atoms with Crippen molar-refractivity contribution < 1.29 is 9.47 Å². The first-order chi connectivity index (χ1) is 8.36. The van der Waals surface area contributed by atoms with Crippen molar-refractivity contribution in [3.8, 4) is 0 Å². The van der Waals surface area contributed by atoms with Crippen LogP contribution in [0.5, 0.6) is 0 Å². The predicted molar refractivity (Wildman–Crippen MR) is 69.6 cm³/mol. The van der Waals surface area contributed by atoms with Crippen molar-refractivity contribution in [3.63, 3.8) is 0 Å². The quantitative estimate of drug-likeness (QED) is 0.789. The van der Waals surface area contributed by atoms with E-state index >= 15 is 0 Å². The van der Waals surface area contributed by atoms with Gasteiger partial charge in [-0.05, 0) is 37.3 Å². The fraction of sp³-hybridized carbons (Fsp3) is 0.467. The van der Waals surface area contributed by atoms with Gasteiger partial charge in [-0.1, -0.05) is 36.4 Å². The molecule has 1 atom stereocenters. The van der Waals surface area contributed by atoms with Crippen molar-refractivity contribution in [2.75, 3.05) is 13.2 Å². The van der Waals surface area contributed by atoms with E-state index in [4.69, 9.17) is 9.47 Å². The molecule has 0 spiro atoms. The maximum Gasteiger partial charge on any atom is 0.157 e. The minimum Gasteiger partial charge on any atom is -0.353 e. The average molecular weight is 232 g/mol. The molecule has 1 fully saturated rings. The van der Waals surface area contributed by atoms with Gasteiger partial charge in [-0.15, -0.1) is 0 Å². The summed E-state index contributed by atoms with van der Waals surface area (Å²) >= 11 is 0. The van der Waals surface area contributed by atoms with Crippen molar-refractivity contribution in [2.45, 2.75) is 32.5 Å². The van der Waals surface area contributed by atoms with Crippen LogP contribution in [0.4, 0.5) is 0 Å². The molecule has 1 aromatic rings. The highest BCUT2D eigenvalue weighted by Crippen LogP contribution is 2.15. The highest BCUT2D eigenvalue weighted by molar-refractivity contribution is 5.63. The lowest BCUT2D eigenvalue weighted by Gasteiger charge is -2.22. The first-order valence-corrected chi connectivity index (χ1v) is 6.31. The summed E-state index contributed by atoms with van der Waals surface area (Å²) in [5, 5.41) is 0. The predicted octanol–water partition coefficient (Wildman–Crippen LogP) is 3.63. The molecule has 1 unspecified atom stereocenters. The van der Waals surface area contributed by atoms with Gasteiger partial charge in [0.15, 0.2) is 6.29 Å². The van der Waals surface area contributed by atoms with Crippen molar-refractivity contribution >= 4 is 5.57 Å². The van der Waals surface area contributed by atoms with E-state index in [1.54, 1.807) is 0 Å². The summed E-state index contributed by atoms with van der Waals surface area (Å²) in [6.07, 6.45) is 5.53. The molecular formula is C15H20O2. The molecule has 17 heavy (non-hydrogen) atoms. The Labute approximate surface area is 103 Å². The summed E-state index contributed by atoms with van der Waals surface area (Å²) in [6.45, 7) is 3.58. The van der Waals surface area contributed by atoms with Crippen LogP contribution >= 0.6 is 0 Å². The highest BCUT2D eigenvalue weighted by Gasteiger charge is 2.12. The Bertz CT molecular complexity index is 350. The third kappa shape index (κ3) is 3.99. The molecule has 0 N–H and O–H groups in total. The summed E-state index contributed by atoms with van der Waals surface area (Å²) in [5.41, 5.74) is 2.50. The Morgan fingerprint density at radius 3 is 2.88 bits per heavy atom. The van der Waals surface area contributed by atoms with Gasteiger partial charge in [-0.3, -0.25) is 0 Å². The van der Waals surface area contributed by atoms with E-state index in [2.05, 4.69) is 37.3 Å². The van der Waals surface area contributed by atoms with E-state index in [0.717, 1.165) is 13.0 Å². The third-order valence-electron chi connectivity index (χ3n) is 3.04. The molecule has 1 aliphatic rings. The molecule has 1 aromatic carbocycles. The maximum absolute atomic E-state index is 5.68. The molecule has 1 aliphatic heterocycles. The van der Waals surface area contributed by atoms with Gasteiger partial charge in [0.05, 0.1) is 6.61 Å². The molecule has 0 aromatic heterocycles. The van der Waals surface area contributed by atoms with Crippen LogP contribution in [-0.2, 0) is 9.47 Å². The number of benzene rings is 1. The van der Waals surface area contributed by atoms with Crippen molar-refractivity contribution in [2.24, 2.45) is 0 Å². The second-order valence-electron chi connectivity index (χ2n) is 4.38. The standard InChI is InChI=1S/C15H20O2/c1-13(14-7-3-2-4-8-14)10-12-17-15-9-5-6-11-16-15/h2-4,7-8,10,15H,5-6,9,11-12H2,1H3/b13-10+. The Morgan fingerprint density at radius 2 is 2.18 bits per heavy atom. The Morgan fingerprint density at radius 1 is 1.35 bits per heavy atom. The van der Waals surface area contributed by atoms with E-state index in [0.29, 0.717) is 6.61 Å². The van der Waals surface area contributed by atoms with E-state index in [1.807, 2.05) is 6.07 Å². The smallest absolute Gasteiger partial charge is 0.157 e. The summed E-state index contributed by atoms with van der Waals surface area (Å²) in [4.78, 5) is 0. The van der Waals surface area contributed by atoms with Crippen LogP contribution in [0.3, 0.4) is 0 Å². The fourth-order valence-electron chi connectivity index (χ4n) is 1.94. The number of rotatable bonds is 4. The highest BCUT2D eigenvalue weighted by atomic mass is 16.7. The van der Waals surface area contributed by atoms with E-state index in [-0.39, 0.29) is 6.29 Å². The van der Waals surface area contributed by atoms with Gasteiger partial charge in [-0.2, -0.15) is 0 Å². The number of ether oxygens (including phenoxy) is 2. The first kappa shape index (κ1) is 12.3. The number of hydrogen-bond acceptors (Lipinski definition) is 2. The monoisotopic (exact) mass is 232 g/mol. The molecule has 0 aliphatic carbocycles. The van der Waals surface area contributed by atoms with Crippen molar-refractivity contribution in [1.29, 1.82) is 0 Å². The first-order valence-electron chi connectivity index (χ1n) is 6.31. The zero-order valence-electron chi connectivity index (χ0n) is 10.4. The van der Waals surface area contributed by atoms with Gasteiger partial charge in [0.25, 0.3) is 0 Å². The van der Waals surface area contributed by atoms with Gasteiger partial charge < -0.3 is 9.47 Å². The van der Waals surface area contributed by atoms with E-state index in [9.17, 15) is 0 Å². The second-order valence-corrected chi connectivity index (χ2v) is 4.38. The summed E-state index contributed by atoms with van der Waals surface area (Å²) in [6, 6.07) is 10.4. The van der Waals surface area contributed by atoms with Crippen LogP contribution in [0, 0.1) is 0 Å². The van der Waals surface area contributed by atoms with Crippen LogP contribution in [0.2, 0.25) is 0 Å². The molecule has 92 valence electrons. The van der Waals surface area contributed by atoms with Gasteiger partial charge in [-0.25, -0.2) is 0 Å². The molecule has 1 saturated heterocycles. The molecule has 2 heteroatoms. The van der Waals surface area contributed by atoms with Crippen molar-refractivity contribution in [1.82, 2.24) is 0 Å². The molecule has 0 saturated carbocycles. The minimum atomic E-state index is 0.00331. The maximum atomic E-state index is 5.68. The van der Waals surface area contributed by atoms with Crippen LogP contribution in [0.1, 0.15) is 31.7 Å². The number of allylic oxidation sites excluding steroid dienone is 1. The SMILES string of the molecule is C/C(=C\COC1CCCCO1)c1ccccc1. The zero-order chi connectivity index (χ0) is 11.9. The normalized spacial score (nSPS) is 21.5. The summed E-state index contributed by atoms with van der Waals surface area (Å²) in [7, 11) is 0. The summed E-state index contributed by atoms with van der Waals surface area (Å²) in [5.74, 6) is 0. The molecule has 2 rings (SSSR count). The van der Waals surface area contributed by atoms with Crippen LogP contribution in [-0.4, -0.2) is 19.5 Å². The largest absolute Gasteiger partial charge is 0.353 e. The van der Waals surface area contributed by atoms with Crippen molar-refractivity contribution in [3.05, 3.63) is 42.0 Å². The van der Waals surface area contributed by atoms with Crippen LogP contribution in [0.15, 0.2) is 36.4 Å².